The molecule has 0 rings (SSSR count). The number of nitrogens with two attached hydrogens (primary N) is 1. The Morgan fingerprint density at radius 1 is 1.55 bits per heavy atom. The third kappa shape index (κ3) is 6.83. The largest absolute Gasteiger partial charge is 0.369 e. The fourth-order valence-electron chi connectivity index (χ4n) is 0.574. The number of primary amides is 1. The van der Waals surface area contributed by atoms with Gasteiger partial charge in [-0.3, -0.25) is 9.59 Å². The van der Waals surface area contributed by atoms with E-state index in [0.29, 0.717) is 0 Å². The van der Waals surface area contributed by atoms with Gasteiger partial charge in [-0.1, -0.05) is 0 Å². The lowest BCUT2D eigenvalue weighted by molar-refractivity contribution is -0.123. The summed E-state index contributed by atoms with van der Waals surface area (Å²) in [4.78, 5) is 21.0. The zero-order chi connectivity index (χ0) is 8.85. The molecule has 0 aliphatic heterocycles. The number of hydrogen-bond acceptors (Lipinski definition) is 2. The van der Waals surface area contributed by atoms with Crippen molar-refractivity contribution in [2.75, 3.05) is 0 Å². The van der Waals surface area contributed by atoms with Crippen LogP contribution in [0.4, 0.5) is 0 Å². The van der Waals surface area contributed by atoms with Gasteiger partial charge in [0.15, 0.2) is 0 Å². The van der Waals surface area contributed by atoms with E-state index in [-0.39, 0.29) is 18.4 Å². The highest BCUT2D eigenvalue weighted by Crippen LogP contribution is 1.87. The topological polar surface area (TPSA) is 72.2 Å². The molecule has 0 saturated heterocycles. The normalized spacial score (nSPS) is 9.73. The van der Waals surface area contributed by atoms with Crippen LogP contribution in [0.1, 0.15) is 20.3 Å². The van der Waals surface area contributed by atoms with Crippen LogP contribution in [0.3, 0.4) is 0 Å². The lowest BCUT2D eigenvalue weighted by Crippen LogP contribution is -2.31. The highest BCUT2D eigenvalue weighted by molar-refractivity contribution is 5.89. The summed E-state index contributed by atoms with van der Waals surface area (Å²) in [6.45, 7) is 3.70. The molecule has 4 heteroatoms. The van der Waals surface area contributed by atoms with Crippen LogP contribution in [0.25, 0.3) is 0 Å². The van der Waals surface area contributed by atoms with E-state index in [9.17, 15) is 9.59 Å². The van der Waals surface area contributed by atoms with Crippen molar-refractivity contribution in [1.82, 2.24) is 5.32 Å². The number of hydrogen-bond donors (Lipinski definition) is 2. The lowest BCUT2D eigenvalue weighted by atomic mass is 10.2. The minimum Gasteiger partial charge on any atom is -0.369 e. The molecule has 0 saturated carbocycles. The second-order valence-corrected chi connectivity index (χ2v) is 2.53. The summed E-state index contributed by atoms with van der Waals surface area (Å²) < 4.78 is 0. The number of amides is 2. The lowest BCUT2D eigenvalue weighted by Gasteiger charge is -2.06. The average Bonchev–Trinajstić information content (AvgIpc) is 1.82. The van der Waals surface area contributed by atoms with Crippen LogP contribution in [0.5, 0.6) is 0 Å². The molecule has 4 nitrogen and oxygen atoms in total. The van der Waals surface area contributed by atoms with Gasteiger partial charge in [-0.15, -0.1) is 0 Å². The monoisotopic (exact) mass is 157 g/mol. The maximum absolute atomic E-state index is 10.8. The van der Waals surface area contributed by atoms with E-state index in [1.54, 1.807) is 0 Å². The zero-order valence-electron chi connectivity index (χ0n) is 6.76. The van der Waals surface area contributed by atoms with Crippen molar-refractivity contribution in [3.8, 4) is 0 Å². The molecule has 0 heterocycles. The Morgan fingerprint density at radius 3 is 2.45 bits per heavy atom. The third-order valence-electron chi connectivity index (χ3n) is 0.938. The Morgan fingerprint density at radius 2 is 2.09 bits per heavy atom. The summed E-state index contributed by atoms with van der Waals surface area (Å²) in [5.74, 6) is -0.747. The molecule has 3 N–H and O–H groups in total. The molecular formula is C7H13N2O2. The van der Waals surface area contributed by atoms with Gasteiger partial charge in [-0.25, -0.2) is 0 Å². The van der Waals surface area contributed by atoms with E-state index in [1.807, 2.05) is 13.8 Å². The fraction of sp³-hybridized carbons (Fsp3) is 0.571. The molecule has 0 atom stereocenters. The molecular weight excluding hydrogens is 144 g/mol. The Hall–Kier alpha value is -1.06. The molecule has 11 heavy (non-hydrogen) atoms. The van der Waals surface area contributed by atoms with Gasteiger partial charge in [-0.05, 0) is 13.8 Å². The molecule has 0 spiro atoms. The van der Waals surface area contributed by atoms with Crippen LogP contribution >= 0.6 is 0 Å². The maximum Gasteiger partial charge on any atom is 0.221 e. The number of rotatable bonds is 4. The third-order valence-corrected chi connectivity index (χ3v) is 0.938. The van der Waals surface area contributed by atoms with Crippen molar-refractivity contribution < 1.29 is 9.59 Å². The van der Waals surface area contributed by atoms with Gasteiger partial charge >= 0.3 is 0 Å². The van der Waals surface area contributed by atoms with Crippen LogP contribution in [-0.4, -0.2) is 17.9 Å². The van der Waals surface area contributed by atoms with E-state index in [0.717, 1.165) is 6.42 Å². The molecule has 0 aromatic rings. The molecule has 0 bridgehead atoms. The Labute approximate surface area is 66.1 Å². The molecule has 0 fully saturated rings. The Kier molecular flexibility index (Phi) is 4.26. The standard InChI is InChI=1S/C7H13N2O2/c1-5(2)9-7(11)4-3-6(8)10/h3,5H,4H2,1-2H3,(H2,8,10)(H,9,11). The molecule has 63 valence electrons. The fourth-order valence-corrected chi connectivity index (χ4v) is 0.574. The molecule has 0 aromatic heterocycles. The quantitative estimate of drug-likeness (QED) is 0.582. The predicted molar refractivity (Wildman–Crippen MR) is 41.4 cm³/mol. The minimum absolute atomic E-state index is 0.0630. The zero-order valence-corrected chi connectivity index (χ0v) is 6.76. The van der Waals surface area contributed by atoms with E-state index in [2.05, 4.69) is 5.32 Å². The molecule has 2 amide bonds. The van der Waals surface area contributed by atoms with Crippen molar-refractivity contribution in [2.45, 2.75) is 26.3 Å². The van der Waals surface area contributed by atoms with Crippen LogP contribution in [-0.2, 0) is 9.59 Å². The van der Waals surface area contributed by atoms with Gasteiger partial charge in [-0.2, -0.15) is 0 Å². The highest BCUT2D eigenvalue weighted by Gasteiger charge is 2.04. The van der Waals surface area contributed by atoms with E-state index in [4.69, 9.17) is 5.73 Å². The van der Waals surface area contributed by atoms with Gasteiger partial charge in [0.1, 0.15) is 0 Å². The van der Waals surface area contributed by atoms with Crippen molar-refractivity contribution in [3.05, 3.63) is 6.42 Å². The summed E-state index contributed by atoms with van der Waals surface area (Å²) in [6.07, 6.45) is 1.21. The predicted octanol–water partition coefficient (Wildman–Crippen LogP) is -0.409. The first-order valence-corrected chi connectivity index (χ1v) is 3.44. The van der Waals surface area contributed by atoms with Crippen molar-refractivity contribution >= 4 is 11.8 Å². The Bertz CT molecular complexity index is 155. The van der Waals surface area contributed by atoms with E-state index >= 15 is 0 Å². The summed E-state index contributed by atoms with van der Waals surface area (Å²) in [5, 5.41) is 2.62. The number of carbonyl (C=O) groups is 2. The van der Waals surface area contributed by atoms with Gasteiger partial charge in [0.25, 0.3) is 0 Å². The van der Waals surface area contributed by atoms with Crippen molar-refractivity contribution in [2.24, 2.45) is 5.73 Å². The van der Waals surface area contributed by atoms with Crippen LogP contribution in [0.2, 0.25) is 0 Å². The molecule has 0 unspecified atom stereocenters. The molecule has 0 aromatic carbocycles. The Balaban J connectivity index is 3.45. The second kappa shape index (κ2) is 4.71. The summed E-state index contributed by atoms with van der Waals surface area (Å²) >= 11 is 0. The first kappa shape index (κ1) is 9.94. The van der Waals surface area contributed by atoms with Gasteiger partial charge in [0, 0.05) is 12.5 Å². The second-order valence-electron chi connectivity index (χ2n) is 2.53. The van der Waals surface area contributed by atoms with E-state index in [1.165, 1.54) is 0 Å². The first-order chi connectivity index (χ1) is 5.02. The van der Waals surface area contributed by atoms with Crippen LogP contribution < -0.4 is 11.1 Å². The summed E-state index contributed by atoms with van der Waals surface area (Å²) in [7, 11) is 0. The number of nitrogens with one attached hydrogen (secondary N) is 1. The molecule has 0 aliphatic carbocycles. The first-order valence-electron chi connectivity index (χ1n) is 3.44. The molecule has 1 radical (unpaired) electrons. The smallest absolute Gasteiger partial charge is 0.221 e. The van der Waals surface area contributed by atoms with Gasteiger partial charge < -0.3 is 11.1 Å². The highest BCUT2D eigenvalue weighted by atomic mass is 16.2. The maximum atomic E-state index is 10.8. The molecule has 0 aliphatic rings. The van der Waals surface area contributed by atoms with Crippen molar-refractivity contribution in [1.29, 1.82) is 0 Å². The number of carbonyl (C=O) groups excluding carboxylic acids is 2. The van der Waals surface area contributed by atoms with Crippen LogP contribution in [0.15, 0.2) is 0 Å². The van der Waals surface area contributed by atoms with Gasteiger partial charge in [0.2, 0.25) is 11.8 Å². The van der Waals surface area contributed by atoms with Crippen LogP contribution in [0, 0.1) is 6.42 Å². The summed E-state index contributed by atoms with van der Waals surface area (Å²) in [5.41, 5.74) is 4.80. The summed E-state index contributed by atoms with van der Waals surface area (Å²) in [6, 6.07) is 0.101. The SMILES string of the molecule is CC(C)NC(=O)C[CH]C(N)=O. The van der Waals surface area contributed by atoms with E-state index < -0.39 is 5.91 Å². The van der Waals surface area contributed by atoms with Gasteiger partial charge in [0.05, 0.1) is 6.42 Å². The van der Waals surface area contributed by atoms with Crippen molar-refractivity contribution in [3.63, 3.8) is 0 Å². The minimum atomic E-state index is -0.566. The average molecular weight is 157 g/mol.